The number of rotatable bonds is 2. The van der Waals surface area contributed by atoms with E-state index in [2.05, 4.69) is 55.6 Å². The maximum atomic E-state index is 2.35. The van der Waals surface area contributed by atoms with E-state index in [4.69, 9.17) is 0 Å². The highest BCUT2D eigenvalue weighted by atomic mass is 15.1. The number of nitrogens with one attached hydrogen (secondary N) is 1. The summed E-state index contributed by atoms with van der Waals surface area (Å²) in [5.74, 6) is 0. The van der Waals surface area contributed by atoms with Crippen LogP contribution in [0, 0.1) is 0 Å². The average molecular weight is 200 g/mol. The highest BCUT2D eigenvalue weighted by molar-refractivity contribution is 5.52. The molecular weight excluding hydrogens is 182 g/mol. The van der Waals surface area contributed by atoms with Crippen molar-refractivity contribution in [3.05, 3.63) is 53.6 Å². The summed E-state index contributed by atoms with van der Waals surface area (Å²) < 4.78 is 0. The molecule has 0 aromatic heterocycles. The Labute approximate surface area is 91.7 Å². The van der Waals surface area contributed by atoms with Crippen LogP contribution in [0.25, 0.3) is 6.08 Å². The molecule has 0 fully saturated rings. The topological polar surface area (TPSA) is 4.44 Å². The van der Waals surface area contributed by atoms with Gasteiger partial charge in [-0.15, -0.1) is 0 Å². The van der Waals surface area contributed by atoms with E-state index in [0.717, 1.165) is 6.54 Å². The van der Waals surface area contributed by atoms with Gasteiger partial charge in [0, 0.05) is 6.42 Å². The summed E-state index contributed by atoms with van der Waals surface area (Å²) in [4.78, 5) is 1.60. The lowest BCUT2D eigenvalue weighted by molar-refractivity contribution is -0.874. The van der Waals surface area contributed by atoms with E-state index < -0.39 is 0 Å². The average Bonchev–Trinajstić information content (AvgIpc) is 2.30. The summed E-state index contributed by atoms with van der Waals surface area (Å²) in [5.41, 5.74) is 2.76. The molecule has 0 saturated heterocycles. The monoisotopic (exact) mass is 200 g/mol. The Kier molecular flexibility index (Phi) is 3.36. The van der Waals surface area contributed by atoms with Gasteiger partial charge in [-0.25, -0.2) is 0 Å². The summed E-state index contributed by atoms with van der Waals surface area (Å²) in [6.07, 6.45) is 8.00. The lowest BCUT2D eigenvalue weighted by Gasteiger charge is -2.17. The molecule has 0 amide bonds. The molecule has 1 aromatic carbocycles. The Morgan fingerprint density at radius 1 is 1.13 bits per heavy atom. The zero-order valence-electron chi connectivity index (χ0n) is 9.24. The molecule has 1 aliphatic rings. The SMILES string of the molecule is C[NH+]1CC=C(C=Cc2ccccc2)CC1. The van der Waals surface area contributed by atoms with Crippen molar-refractivity contribution >= 4 is 6.08 Å². The molecule has 0 aliphatic carbocycles. The van der Waals surface area contributed by atoms with Gasteiger partial charge in [0.15, 0.2) is 0 Å². The van der Waals surface area contributed by atoms with Crippen molar-refractivity contribution in [2.24, 2.45) is 0 Å². The third kappa shape index (κ3) is 3.07. The van der Waals surface area contributed by atoms with Crippen LogP contribution in [0.3, 0.4) is 0 Å². The predicted octanol–water partition coefficient (Wildman–Crippen LogP) is 1.54. The number of hydrogen-bond acceptors (Lipinski definition) is 0. The summed E-state index contributed by atoms with van der Waals surface area (Å²) in [6.45, 7) is 2.42. The van der Waals surface area contributed by atoms with Crippen molar-refractivity contribution in [3.8, 4) is 0 Å². The fourth-order valence-electron chi connectivity index (χ4n) is 1.79. The zero-order valence-corrected chi connectivity index (χ0v) is 9.24. The standard InChI is InChI=1S/C14H17N/c1-15-11-9-14(10-12-15)8-7-13-5-3-2-4-6-13/h2-9H,10-12H2,1H3/p+1. The quantitative estimate of drug-likeness (QED) is 0.738. The van der Waals surface area contributed by atoms with Crippen LogP contribution in [0.15, 0.2) is 48.1 Å². The van der Waals surface area contributed by atoms with Gasteiger partial charge in [-0.1, -0.05) is 42.5 Å². The minimum atomic E-state index is 1.16. The Morgan fingerprint density at radius 3 is 2.60 bits per heavy atom. The molecule has 1 heteroatoms. The van der Waals surface area contributed by atoms with Gasteiger partial charge in [0.2, 0.25) is 0 Å². The molecule has 15 heavy (non-hydrogen) atoms. The molecule has 2 rings (SSSR count). The molecule has 1 N–H and O–H groups in total. The molecule has 1 unspecified atom stereocenters. The van der Waals surface area contributed by atoms with Crippen molar-refractivity contribution < 1.29 is 4.90 Å². The van der Waals surface area contributed by atoms with E-state index in [9.17, 15) is 0 Å². The third-order valence-electron chi connectivity index (χ3n) is 2.84. The third-order valence-corrected chi connectivity index (χ3v) is 2.84. The van der Waals surface area contributed by atoms with Gasteiger partial charge in [0.05, 0.1) is 20.1 Å². The zero-order chi connectivity index (χ0) is 10.5. The fraction of sp³-hybridized carbons (Fsp3) is 0.286. The fourth-order valence-corrected chi connectivity index (χ4v) is 1.79. The highest BCUT2D eigenvalue weighted by Gasteiger charge is 2.07. The van der Waals surface area contributed by atoms with Crippen molar-refractivity contribution in [1.82, 2.24) is 0 Å². The molecule has 1 atom stereocenters. The summed E-state index contributed by atoms with van der Waals surface area (Å²) in [6, 6.07) is 10.5. The molecule has 0 saturated carbocycles. The van der Waals surface area contributed by atoms with Crippen LogP contribution in [-0.2, 0) is 0 Å². The first kappa shape index (κ1) is 10.2. The Morgan fingerprint density at radius 2 is 1.93 bits per heavy atom. The molecule has 1 aliphatic heterocycles. The number of benzene rings is 1. The number of allylic oxidation sites excluding steroid dienone is 1. The van der Waals surface area contributed by atoms with Crippen molar-refractivity contribution in [2.45, 2.75) is 6.42 Å². The predicted molar refractivity (Wildman–Crippen MR) is 64.8 cm³/mol. The van der Waals surface area contributed by atoms with Crippen LogP contribution in [0.5, 0.6) is 0 Å². The van der Waals surface area contributed by atoms with Crippen molar-refractivity contribution in [1.29, 1.82) is 0 Å². The minimum Gasteiger partial charge on any atom is -0.334 e. The van der Waals surface area contributed by atoms with E-state index in [1.165, 1.54) is 24.1 Å². The molecule has 78 valence electrons. The summed E-state index contributed by atoms with van der Waals surface area (Å²) >= 11 is 0. The first-order chi connectivity index (χ1) is 7.34. The number of likely N-dealkylation sites (N-methyl/N-ethyl adjacent to an activating group) is 1. The van der Waals surface area contributed by atoms with Crippen LogP contribution in [0.1, 0.15) is 12.0 Å². The molecule has 0 radical (unpaired) electrons. The molecule has 1 aromatic rings. The molecule has 0 bridgehead atoms. The van der Waals surface area contributed by atoms with Gasteiger partial charge < -0.3 is 4.90 Å². The summed E-state index contributed by atoms with van der Waals surface area (Å²) in [5, 5.41) is 0. The Bertz CT molecular complexity index is 362. The normalized spacial score (nSPS) is 21.7. The van der Waals surface area contributed by atoms with Crippen LogP contribution in [0.2, 0.25) is 0 Å². The largest absolute Gasteiger partial charge is 0.334 e. The smallest absolute Gasteiger partial charge is 0.0961 e. The van der Waals surface area contributed by atoms with E-state index in [1.807, 2.05) is 0 Å². The molecule has 1 heterocycles. The first-order valence-corrected chi connectivity index (χ1v) is 5.58. The Hall–Kier alpha value is -1.34. The van der Waals surface area contributed by atoms with Crippen LogP contribution < -0.4 is 4.90 Å². The maximum absolute atomic E-state index is 2.35. The molecular formula is C14H18N+. The van der Waals surface area contributed by atoms with Gasteiger partial charge >= 0.3 is 0 Å². The van der Waals surface area contributed by atoms with Gasteiger partial charge in [0.25, 0.3) is 0 Å². The Balaban J connectivity index is 2.00. The van der Waals surface area contributed by atoms with Crippen LogP contribution >= 0.6 is 0 Å². The van der Waals surface area contributed by atoms with Gasteiger partial charge in [-0.2, -0.15) is 0 Å². The van der Waals surface area contributed by atoms with E-state index in [-0.39, 0.29) is 0 Å². The second-order valence-corrected chi connectivity index (χ2v) is 4.18. The van der Waals surface area contributed by atoms with Crippen LogP contribution in [-0.4, -0.2) is 20.1 Å². The van der Waals surface area contributed by atoms with Gasteiger partial charge in [0.1, 0.15) is 0 Å². The second-order valence-electron chi connectivity index (χ2n) is 4.18. The van der Waals surface area contributed by atoms with Crippen molar-refractivity contribution in [2.75, 3.05) is 20.1 Å². The molecule has 0 spiro atoms. The highest BCUT2D eigenvalue weighted by Crippen LogP contribution is 2.08. The second kappa shape index (κ2) is 4.94. The van der Waals surface area contributed by atoms with E-state index >= 15 is 0 Å². The number of quaternary nitrogens is 1. The van der Waals surface area contributed by atoms with E-state index in [0.29, 0.717) is 0 Å². The van der Waals surface area contributed by atoms with Crippen LogP contribution in [0.4, 0.5) is 0 Å². The first-order valence-electron chi connectivity index (χ1n) is 5.58. The van der Waals surface area contributed by atoms with Crippen molar-refractivity contribution in [3.63, 3.8) is 0 Å². The number of hydrogen-bond donors (Lipinski definition) is 1. The summed E-state index contributed by atoms with van der Waals surface area (Å²) in [7, 11) is 2.24. The van der Waals surface area contributed by atoms with Gasteiger partial charge in [-0.3, -0.25) is 0 Å². The minimum absolute atomic E-state index is 1.16. The maximum Gasteiger partial charge on any atom is 0.0961 e. The molecule has 1 nitrogen and oxygen atoms in total. The lowest BCUT2D eigenvalue weighted by atomic mass is 10.1. The van der Waals surface area contributed by atoms with Gasteiger partial charge in [-0.05, 0) is 17.2 Å². The lowest BCUT2D eigenvalue weighted by Crippen LogP contribution is -3.09. The van der Waals surface area contributed by atoms with E-state index in [1.54, 1.807) is 4.90 Å².